The van der Waals surface area contributed by atoms with E-state index in [2.05, 4.69) is 17.6 Å². The van der Waals surface area contributed by atoms with Crippen LogP contribution < -0.4 is 10.6 Å². The van der Waals surface area contributed by atoms with Gasteiger partial charge in [-0.05, 0) is 55.0 Å². The highest BCUT2D eigenvalue weighted by atomic mass is 32.2. The van der Waals surface area contributed by atoms with Crippen molar-refractivity contribution in [3.63, 3.8) is 0 Å². The standard InChI is InChI=1S/C22H27N3O4S/c1-3-4-6-16-9-11-18(12-10-16)23-22(27)20(13-14-30-2)24-21(26)17-7-5-8-19(15-17)25(28)29/h5,7-12,15,20H,3-4,6,13-14H2,1-2H3,(H,23,27)(H,24,26). The van der Waals surface area contributed by atoms with E-state index in [-0.39, 0.29) is 17.2 Å². The maximum absolute atomic E-state index is 12.8. The summed E-state index contributed by atoms with van der Waals surface area (Å²) in [7, 11) is 0. The number of hydrogen-bond acceptors (Lipinski definition) is 5. The molecule has 0 saturated heterocycles. The number of non-ortho nitro benzene ring substituents is 1. The largest absolute Gasteiger partial charge is 0.340 e. The first-order chi connectivity index (χ1) is 14.4. The highest BCUT2D eigenvalue weighted by Crippen LogP contribution is 2.15. The second kappa shape index (κ2) is 12.0. The van der Waals surface area contributed by atoms with Crippen LogP contribution in [0.4, 0.5) is 11.4 Å². The fourth-order valence-electron chi connectivity index (χ4n) is 2.87. The number of nitro benzene ring substituents is 1. The minimum atomic E-state index is -0.746. The molecule has 0 bridgehead atoms. The number of hydrogen-bond donors (Lipinski definition) is 2. The van der Waals surface area contributed by atoms with Crippen molar-refractivity contribution < 1.29 is 14.5 Å². The first-order valence-corrected chi connectivity index (χ1v) is 11.3. The molecule has 0 radical (unpaired) electrons. The van der Waals surface area contributed by atoms with E-state index in [9.17, 15) is 19.7 Å². The van der Waals surface area contributed by atoms with Crippen LogP contribution in [0.25, 0.3) is 0 Å². The van der Waals surface area contributed by atoms with Crippen LogP contribution in [0.15, 0.2) is 48.5 Å². The van der Waals surface area contributed by atoms with Gasteiger partial charge in [0.15, 0.2) is 0 Å². The van der Waals surface area contributed by atoms with Crippen molar-refractivity contribution in [2.75, 3.05) is 17.3 Å². The van der Waals surface area contributed by atoms with Gasteiger partial charge in [-0.15, -0.1) is 0 Å². The van der Waals surface area contributed by atoms with Gasteiger partial charge >= 0.3 is 0 Å². The third-order valence-electron chi connectivity index (χ3n) is 4.59. The lowest BCUT2D eigenvalue weighted by Crippen LogP contribution is -2.44. The summed E-state index contributed by atoms with van der Waals surface area (Å²) in [5, 5.41) is 16.5. The average molecular weight is 430 g/mol. The summed E-state index contributed by atoms with van der Waals surface area (Å²) in [5.74, 6) is -0.150. The summed E-state index contributed by atoms with van der Waals surface area (Å²) in [5.41, 5.74) is 1.86. The number of aryl methyl sites for hydroxylation is 1. The molecule has 0 aliphatic carbocycles. The molecule has 0 heterocycles. The van der Waals surface area contributed by atoms with Crippen molar-refractivity contribution in [1.82, 2.24) is 5.32 Å². The third kappa shape index (κ3) is 7.18. The van der Waals surface area contributed by atoms with Crippen LogP contribution in [0.2, 0.25) is 0 Å². The number of carbonyl (C=O) groups is 2. The molecule has 1 unspecified atom stereocenters. The number of nitro groups is 1. The lowest BCUT2D eigenvalue weighted by molar-refractivity contribution is -0.384. The fourth-order valence-corrected chi connectivity index (χ4v) is 3.34. The Bertz CT molecular complexity index is 871. The Labute approximate surface area is 180 Å². The molecular formula is C22H27N3O4S. The minimum Gasteiger partial charge on any atom is -0.340 e. The van der Waals surface area contributed by atoms with Crippen LogP contribution in [0, 0.1) is 10.1 Å². The molecule has 0 aromatic heterocycles. The number of unbranched alkanes of at least 4 members (excludes halogenated alkanes) is 1. The molecule has 0 aliphatic rings. The highest BCUT2D eigenvalue weighted by molar-refractivity contribution is 7.98. The van der Waals surface area contributed by atoms with Crippen LogP contribution in [-0.4, -0.2) is 34.8 Å². The molecule has 2 rings (SSSR count). The van der Waals surface area contributed by atoms with Gasteiger partial charge in [-0.2, -0.15) is 11.8 Å². The summed E-state index contributed by atoms with van der Waals surface area (Å²) in [6.45, 7) is 2.14. The maximum Gasteiger partial charge on any atom is 0.270 e. The summed E-state index contributed by atoms with van der Waals surface area (Å²) >= 11 is 1.57. The molecule has 30 heavy (non-hydrogen) atoms. The molecule has 2 aromatic rings. The van der Waals surface area contributed by atoms with Gasteiger partial charge in [0, 0.05) is 23.4 Å². The number of nitrogens with one attached hydrogen (secondary N) is 2. The Kier molecular flexibility index (Phi) is 9.34. The van der Waals surface area contributed by atoms with Gasteiger partial charge in [0.1, 0.15) is 6.04 Å². The zero-order valence-electron chi connectivity index (χ0n) is 17.2. The van der Waals surface area contributed by atoms with Gasteiger partial charge in [0.05, 0.1) is 4.92 Å². The Morgan fingerprint density at radius 3 is 2.53 bits per heavy atom. The Morgan fingerprint density at radius 2 is 1.90 bits per heavy atom. The van der Waals surface area contributed by atoms with Crippen molar-refractivity contribution in [2.24, 2.45) is 0 Å². The zero-order chi connectivity index (χ0) is 21.9. The number of thioether (sulfide) groups is 1. The molecule has 2 amide bonds. The lowest BCUT2D eigenvalue weighted by Gasteiger charge is -2.18. The molecule has 8 heteroatoms. The van der Waals surface area contributed by atoms with Crippen molar-refractivity contribution in [3.05, 3.63) is 69.8 Å². The van der Waals surface area contributed by atoms with Gasteiger partial charge in [-0.3, -0.25) is 19.7 Å². The molecule has 7 nitrogen and oxygen atoms in total. The summed E-state index contributed by atoms with van der Waals surface area (Å²) < 4.78 is 0. The first-order valence-electron chi connectivity index (χ1n) is 9.88. The smallest absolute Gasteiger partial charge is 0.270 e. The third-order valence-corrected chi connectivity index (χ3v) is 5.24. The second-order valence-electron chi connectivity index (χ2n) is 6.90. The molecule has 0 spiro atoms. The molecule has 1 atom stereocenters. The van der Waals surface area contributed by atoms with Crippen LogP contribution in [0.3, 0.4) is 0 Å². The predicted octanol–water partition coefficient (Wildman–Crippen LogP) is 4.43. The number of anilines is 1. The van der Waals surface area contributed by atoms with Gasteiger partial charge in [-0.1, -0.05) is 31.5 Å². The van der Waals surface area contributed by atoms with Gasteiger partial charge < -0.3 is 10.6 Å². The minimum absolute atomic E-state index is 0.145. The van der Waals surface area contributed by atoms with Crippen molar-refractivity contribution in [1.29, 1.82) is 0 Å². The normalized spacial score (nSPS) is 11.5. The second-order valence-corrected chi connectivity index (χ2v) is 7.89. The van der Waals surface area contributed by atoms with Crippen molar-refractivity contribution in [2.45, 2.75) is 38.6 Å². The first kappa shape index (κ1) is 23.4. The van der Waals surface area contributed by atoms with Crippen LogP contribution in [0.5, 0.6) is 0 Å². The van der Waals surface area contributed by atoms with E-state index in [1.165, 1.54) is 29.8 Å². The van der Waals surface area contributed by atoms with E-state index in [0.717, 1.165) is 19.3 Å². The fraction of sp³-hybridized carbons (Fsp3) is 0.364. The Hall–Kier alpha value is -2.87. The monoisotopic (exact) mass is 429 g/mol. The Morgan fingerprint density at radius 1 is 1.17 bits per heavy atom. The number of rotatable bonds is 11. The van der Waals surface area contributed by atoms with Crippen molar-refractivity contribution >= 4 is 35.0 Å². The number of carbonyl (C=O) groups excluding carboxylic acids is 2. The highest BCUT2D eigenvalue weighted by Gasteiger charge is 2.22. The van der Waals surface area contributed by atoms with Crippen LogP contribution in [0.1, 0.15) is 42.1 Å². The SMILES string of the molecule is CCCCc1ccc(NC(=O)C(CCSC)NC(=O)c2cccc([N+](=O)[O-])c2)cc1. The van der Waals surface area contributed by atoms with Gasteiger partial charge in [-0.25, -0.2) is 0 Å². The van der Waals surface area contributed by atoms with Crippen LogP contribution >= 0.6 is 11.8 Å². The van der Waals surface area contributed by atoms with Crippen LogP contribution in [-0.2, 0) is 11.2 Å². The molecule has 0 fully saturated rings. The van der Waals surface area contributed by atoms with E-state index in [4.69, 9.17) is 0 Å². The van der Waals surface area contributed by atoms with E-state index in [1.54, 1.807) is 11.8 Å². The number of benzene rings is 2. The van der Waals surface area contributed by atoms with E-state index >= 15 is 0 Å². The van der Waals surface area contributed by atoms with Gasteiger partial charge in [0.2, 0.25) is 5.91 Å². The van der Waals surface area contributed by atoms with E-state index in [0.29, 0.717) is 17.9 Å². The molecule has 2 aromatic carbocycles. The molecule has 2 N–H and O–H groups in total. The topological polar surface area (TPSA) is 101 Å². The van der Waals surface area contributed by atoms with E-state index in [1.807, 2.05) is 30.5 Å². The van der Waals surface area contributed by atoms with Crippen molar-refractivity contribution in [3.8, 4) is 0 Å². The Balaban J connectivity index is 2.06. The number of nitrogens with zero attached hydrogens (tertiary/aromatic N) is 1. The quantitative estimate of drug-likeness (QED) is 0.406. The zero-order valence-corrected chi connectivity index (χ0v) is 18.0. The summed E-state index contributed by atoms with van der Waals surface area (Å²) in [4.78, 5) is 35.7. The average Bonchev–Trinajstić information content (AvgIpc) is 2.76. The maximum atomic E-state index is 12.8. The van der Waals surface area contributed by atoms with E-state index < -0.39 is 16.9 Å². The number of amides is 2. The molecule has 0 saturated carbocycles. The predicted molar refractivity (Wildman–Crippen MR) is 121 cm³/mol. The summed E-state index contributed by atoms with van der Waals surface area (Å²) in [6, 6.07) is 12.4. The summed E-state index contributed by atoms with van der Waals surface area (Å²) in [6.07, 6.45) is 5.61. The molecule has 160 valence electrons. The van der Waals surface area contributed by atoms with Gasteiger partial charge in [0.25, 0.3) is 11.6 Å². The molecular weight excluding hydrogens is 402 g/mol. The molecule has 0 aliphatic heterocycles. The lowest BCUT2D eigenvalue weighted by atomic mass is 10.1.